The fourth-order valence-corrected chi connectivity index (χ4v) is 3.01. The number of aromatic nitrogens is 4. The molecule has 1 aromatic carbocycles. The standard InChI is InChI=1S/C18H17FN4OS/c1-2-11-23-17(14-7-9-20-10-8-14)21-22-18(23)25-13-12-24-16-6-4-3-5-15(16)19/h2-10H,1,11-13H2. The third-order valence-electron chi connectivity index (χ3n) is 3.38. The third-order valence-corrected chi connectivity index (χ3v) is 4.31. The van der Waals surface area contributed by atoms with E-state index >= 15 is 0 Å². The Morgan fingerprint density at radius 2 is 1.96 bits per heavy atom. The van der Waals surface area contributed by atoms with Crippen LogP contribution in [0, 0.1) is 5.82 Å². The Morgan fingerprint density at radius 1 is 1.16 bits per heavy atom. The van der Waals surface area contributed by atoms with Gasteiger partial charge in [0.2, 0.25) is 0 Å². The van der Waals surface area contributed by atoms with E-state index in [4.69, 9.17) is 4.74 Å². The van der Waals surface area contributed by atoms with Crippen molar-refractivity contribution in [3.63, 3.8) is 0 Å². The summed E-state index contributed by atoms with van der Waals surface area (Å²) in [6.45, 7) is 4.76. The van der Waals surface area contributed by atoms with Crippen molar-refractivity contribution in [1.82, 2.24) is 19.7 Å². The molecule has 25 heavy (non-hydrogen) atoms. The summed E-state index contributed by atoms with van der Waals surface area (Å²) in [6.07, 6.45) is 5.24. The molecular weight excluding hydrogens is 339 g/mol. The molecule has 0 aliphatic heterocycles. The molecule has 7 heteroatoms. The van der Waals surface area contributed by atoms with Gasteiger partial charge in [-0.25, -0.2) is 4.39 Å². The van der Waals surface area contributed by atoms with Crippen molar-refractivity contribution >= 4 is 11.8 Å². The van der Waals surface area contributed by atoms with Gasteiger partial charge in [0, 0.05) is 30.3 Å². The summed E-state index contributed by atoms with van der Waals surface area (Å²) < 4.78 is 21.0. The van der Waals surface area contributed by atoms with E-state index in [-0.39, 0.29) is 11.6 Å². The molecule has 0 N–H and O–H groups in total. The molecule has 3 aromatic rings. The minimum atomic E-state index is -0.359. The number of hydrogen-bond acceptors (Lipinski definition) is 5. The Balaban J connectivity index is 1.65. The van der Waals surface area contributed by atoms with E-state index in [9.17, 15) is 4.39 Å². The molecule has 0 amide bonds. The molecule has 0 unspecified atom stereocenters. The van der Waals surface area contributed by atoms with E-state index in [2.05, 4.69) is 21.8 Å². The Hall–Kier alpha value is -2.67. The Labute approximate surface area is 149 Å². The molecule has 0 aliphatic carbocycles. The van der Waals surface area contributed by atoms with Crippen molar-refractivity contribution in [2.45, 2.75) is 11.7 Å². The second-order valence-corrected chi connectivity index (χ2v) is 6.13. The number of pyridine rings is 1. The molecule has 2 aromatic heterocycles. The van der Waals surface area contributed by atoms with Gasteiger partial charge in [0.05, 0.1) is 6.61 Å². The van der Waals surface area contributed by atoms with Crippen LogP contribution < -0.4 is 4.74 Å². The van der Waals surface area contributed by atoms with Crippen LogP contribution in [0.25, 0.3) is 11.4 Å². The Bertz CT molecular complexity index is 838. The minimum absolute atomic E-state index is 0.258. The number of para-hydroxylation sites is 1. The quantitative estimate of drug-likeness (QED) is 0.349. The summed E-state index contributed by atoms with van der Waals surface area (Å²) in [6, 6.07) is 10.1. The lowest BCUT2D eigenvalue weighted by atomic mass is 10.2. The van der Waals surface area contributed by atoms with Crippen molar-refractivity contribution in [2.24, 2.45) is 0 Å². The van der Waals surface area contributed by atoms with E-state index in [0.29, 0.717) is 18.9 Å². The lowest BCUT2D eigenvalue weighted by Crippen LogP contribution is -2.04. The maximum atomic E-state index is 13.5. The van der Waals surface area contributed by atoms with Gasteiger partial charge in [-0.15, -0.1) is 16.8 Å². The number of allylic oxidation sites excluding steroid dienone is 1. The number of hydrogen-bond donors (Lipinski definition) is 0. The zero-order valence-electron chi connectivity index (χ0n) is 13.5. The maximum absolute atomic E-state index is 13.5. The fraction of sp³-hybridized carbons (Fsp3) is 0.167. The molecule has 2 heterocycles. The van der Waals surface area contributed by atoms with Crippen molar-refractivity contribution in [3.05, 3.63) is 67.3 Å². The summed E-state index contributed by atoms with van der Waals surface area (Å²) in [4.78, 5) is 4.02. The molecule has 0 saturated heterocycles. The zero-order chi connectivity index (χ0) is 17.5. The van der Waals surface area contributed by atoms with Gasteiger partial charge in [-0.1, -0.05) is 30.0 Å². The largest absolute Gasteiger partial charge is 0.490 e. The van der Waals surface area contributed by atoms with E-state index in [1.54, 1.807) is 36.7 Å². The minimum Gasteiger partial charge on any atom is -0.490 e. The molecular formula is C18H17FN4OS. The summed E-state index contributed by atoms with van der Waals surface area (Å²) in [5.41, 5.74) is 0.943. The van der Waals surface area contributed by atoms with Crippen LogP contribution in [0.15, 0.2) is 66.6 Å². The van der Waals surface area contributed by atoms with Gasteiger partial charge < -0.3 is 4.74 Å². The molecule has 0 bridgehead atoms. The molecule has 0 radical (unpaired) electrons. The summed E-state index contributed by atoms with van der Waals surface area (Å²) in [5, 5.41) is 9.29. The van der Waals surface area contributed by atoms with Gasteiger partial charge in [0.15, 0.2) is 22.5 Å². The Morgan fingerprint density at radius 3 is 2.72 bits per heavy atom. The highest BCUT2D eigenvalue weighted by atomic mass is 32.2. The number of ether oxygens (including phenoxy) is 1. The fourth-order valence-electron chi connectivity index (χ4n) is 2.25. The van der Waals surface area contributed by atoms with Crippen molar-refractivity contribution in [2.75, 3.05) is 12.4 Å². The van der Waals surface area contributed by atoms with E-state index in [1.165, 1.54) is 17.8 Å². The second kappa shape index (κ2) is 8.43. The molecule has 0 saturated carbocycles. The van der Waals surface area contributed by atoms with Crippen molar-refractivity contribution in [3.8, 4) is 17.1 Å². The Kier molecular flexibility index (Phi) is 5.79. The van der Waals surface area contributed by atoms with Crippen LogP contribution in [-0.4, -0.2) is 32.1 Å². The van der Waals surface area contributed by atoms with Crippen molar-refractivity contribution < 1.29 is 9.13 Å². The van der Waals surface area contributed by atoms with Gasteiger partial charge in [-0.05, 0) is 24.3 Å². The van der Waals surface area contributed by atoms with Gasteiger partial charge in [-0.3, -0.25) is 9.55 Å². The lowest BCUT2D eigenvalue weighted by Gasteiger charge is -2.09. The second-order valence-electron chi connectivity index (χ2n) is 5.07. The lowest BCUT2D eigenvalue weighted by molar-refractivity contribution is 0.325. The first-order valence-electron chi connectivity index (χ1n) is 7.74. The molecule has 0 atom stereocenters. The maximum Gasteiger partial charge on any atom is 0.191 e. The first-order valence-corrected chi connectivity index (χ1v) is 8.73. The van der Waals surface area contributed by atoms with Crippen LogP contribution in [0.1, 0.15) is 0 Å². The average molecular weight is 356 g/mol. The van der Waals surface area contributed by atoms with Crippen LogP contribution in [0.4, 0.5) is 4.39 Å². The molecule has 5 nitrogen and oxygen atoms in total. The summed E-state index contributed by atoms with van der Waals surface area (Å²) in [5.74, 6) is 1.29. The first-order chi connectivity index (χ1) is 12.3. The van der Waals surface area contributed by atoms with E-state index in [1.807, 2.05) is 16.7 Å². The average Bonchev–Trinajstić information content (AvgIpc) is 3.04. The van der Waals surface area contributed by atoms with Crippen molar-refractivity contribution in [1.29, 1.82) is 0 Å². The van der Waals surface area contributed by atoms with Gasteiger partial charge >= 0.3 is 0 Å². The highest BCUT2D eigenvalue weighted by molar-refractivity contribution is 7.99. The smallest absolute Gasteiger partial charge is 0.191 e. The highest BCUT2D eigenvalue weighted by Gasteiger charge is 2.13. The summed E-state index contributed by atoms with van der Waals surface area (Å²) in [7, 11) is 0. The number of rotatable bonds is 8. The summed E-state index contributed by atoms with van der Waals surface area (Å²) >= 11 is 1.51. The molecule has 0 aliphatic rings. The predicted octanol–water partition coefficient (Wildman–Crippen LogP) is 3.84. The predicted molar refractivity (Wildman–Crippen MR) is 96.1 cm³/mol. The molecule has 128 valence electrons. The molecule has 0 fully saturated rings. The number of thioether (sulfide) groups is 1. The number of benzene rings is 1. The van der Waals surface area contributed by atoms with Crippen LogP contribution in [0.3, 0.4) is 0 Å². The van der Waals surface area contributed by atoms with Gasteiger partial charge in [0.1, 0.15) is 0 Å². The monoisotopic (exact) mass is 356 g/mol. The molecule has 3 rings (SSSR count). The topological polar surface area (TPSA) is 52.8 Å². The van der Waals surface area contributed by atoms with E-state index in [0.717, 1.165) is 16.5 Å². The van der Waals surface area contributed by atoms with Gasteiger partial charge in [-0.2, -0.15) is 0 Å². The number of nitrogens with zero attached hydrogens (tertiary/aromatic N) is 4. The normalized spacial score (nSPS) is 10.6. The highest BCUT2D eigenvalue weighted by Crippen LogP contribution is 2.24. The van der Waals surface area contributed by atoms with E-state index < -0.39 is 0 Å². The van der Waals surface area contributed by atoms with Crippen LogP contribution in [0.5, 0.6) is 5.75 Å². The van der Waals surface area contributed by atoms with Crippen LogP contribution in [-0.2, 0) is 6.54 Å². The first kappa shape index (κ1) is 17.2. The molecule has 0 spiro atoms. The van der Waals surface area contributed by atoms with Crippen LogP contribution in [0.2, 0.25) is 0 Å². The third kappa shape index (κ3) is 4.24. The SMILES string of the molecule is C=CCn1c(SCCOc2ccccc2F)nnc1-c1ccncc1. The van der Waals surface area contributed by atoms with Gasteiger partial charge in [0.25, 0.3) is 0 Å². The number of halogens is 1. The van der Waals surface area contributed by atoms with Crippen LogP contribution >= 0.6 is 11.8 Å². The zero-order valence-corrected chi connectivity index (χ0v) is 14.3.